The van der Waals surface area contributed by atoms with E-state index in [1.54, 1.807) is 19.9 Å². The third-order valence-electron chi connectivity index (χ3n) is 7.17. The first-order chi connectivity index (χ1) is 20.7. The summed E-state index contributed by atoms with van der Waals surface area (Å²) < 4.78 is 29.7. The summed E-state index contributed by atoms with van der Waals surface area (Å²) in [6.07, 6.45) is 1.37. The Morgan fingerprint density at radius 3 is 1.98 bits per heavy atom. The first-order valence-corrected chi connectivity index (χ1v) is 16.5. The maximum absolute atomic E-state index is 13.6. The van der Waals surface area contributed by atoms with E-state index in [1.165, 1.54) is 0 Å². The normalized spacial score (nSPS) is 13.7. The summed E-state index contributed by atoms with van der Waals surface area (Å²) >= 11 is 0. The molecule has 3 aromatic carbocycles. The standard InChI is InChI=1S/C34H41N2O6P/c1-5-41-43(39,42-6-2)21-20-31(25-14-8-7-9-15-25)35-33(37)32(22-24(3)4)36-34(38)40-23-30-28-18-12-10-16-26(28)27-17-11-13-19-29(27)30/h7-20,24,30,32H,5-6,21-23H2,1-4H3,(H,35,37)(H,36,38)/b31-20+/t32-/m0/s1. The number of carbonyl (C=O) groups is 2. The van der Waals surface area contributed by atoms with Crippen LogP contribution in [0.2, 0.25) is 0 Å². The second-order valence-electron chi connectivity index (χ2n) is 10.8. The number of rotatable bonds is 14. The Bertz CT molecular complexity index is 1420. The van der Waals surface area contributed by atoms with Gasteiger partial charge in [0.1, 0.15) is 12.6 Å². The molecule has 43 heavy (non-hydrogen) atoms. The van der Waals surface area contributed by atoms with Gasteiger partial charge in [0, 0.05) is 11.6 Å². The van der Waals surface area contributed by atoms with Crippen LogP contribution in [0.4, 0.5) is 4.79 Å². The zero-order valence-corrected chi connectivity index (χ0v) is 26.1. The van der Waals surface area contributed by atoms with Crippen molar-refractivity contribution in [1.82, 2.24) is 10.6 Å². The van der Waals surface area contributed by atoms with Crippen molar-refractivity contribution in [2.75, 3.05) is 26.0 Å². The number of allylic oxidation sites excluding steroid dienone is 1. The van der Waals surface area contributed by atoms with Gasteiger partial charge in [0.15, 0.2) is 0 Å². The smallest absolute Gasteiger partial charge is 0.407 e. The molecule has 2 amide bonds. The Morgan fingerprint density at radius 1 is 0.860 bits per heavy atom. The lowest BCUT2D eigenvalue weighted by molar-refractivity contribution is -0.122. The molecule has 1 atom stereocenters. The van der Waals surface area contributed by atoms with E-state index < -0.39 is 25.6 Å². The van der Waals surface area contributed by atoms with Crippen LogP contribution in [-0.4, -0.2) is 44.0 Å². The monoisotopic (exact) mass is 604 g/mol. The molecule has 3 aromatic rings. The van der Waals surface area contributed by atoms with Crippen molar-refractivity contribution in [3.05, 3.63) is 102 Å². The first kappa shape index (κ1) is 32.2. The highest BCUT2D eigenvalue weighted by atomic mass is 31.2. The predicted octanol–water partition coefficient (Wildman–Crippen LogP) is 7.36. The van der Waals surface area contributed by atoms with Gasteiger partial charge >= 0.3 is 13.7 Å². The van der Waals surface area contributed by atoms with Crippen LogP contribution < -0.4 is 10.6 Å². The minimum Gasteiger partial charge on any atom is -0.449 e. The van der Waals surface area contributed by atoms with Crippen LogP contribution in [0.1, 0.15) is 56.7 Å². The Kier molecular flexibility index (Phi) is 11.3. The second-order valence-corrected chi connectivity index (χ2v) is 12.9. The molecule has 0 fully saturated rings. The first-order valence-electron chi connectivity index (χ1n) is 14.8. The average molecular weight is 605 g/mol. The number of fused-ring (bicyclic) bond motifs is 3. The van der Waals surface area contributed by atoms with Gasteiger partial charge in [-0.2, -0.15) is 0 Å². The van der Waals surface area contributed by atoms with Gasteiger partial charge in [0.2, 0.25) is 5.91 Å². The molecule has 0 spiro atoms. The Morgan fingerprint density at radius 2 is 1.42 bits per heavy atom. The highest BCUT2D eigenvalue weighted by molar-refractivity contribution is 7.54. The molecule has 0 aliphatic heterocycles. The molecule has 0 radical (unpaired) electrons. The lowest BCUT2D eigenvalue weighted by atomic mass is 9.98. The zero-order valence-electron chi connectivity index (χ0n) is 25.2. The lowest BCUT2D eigenvalue weighted by Crippen LogP contribution is -2.47. The summed E-state index contributed by atoms with van der Waals surface area (Å²) in [7, 11) is -3.39. The van der Waals surface area contributed by atoms with Crippen molar-refractivity contribution in [1.29, 1.82) is 0 Å². The highest BCUT2D eigenvalue weighted by Crippen LogP contribution is 2.48. The van der Waals surface area contributed by atoms with Gasteiger partial charge in [0.25, 0.3) is 0 Å². The Labute approximate surface area is 254 Å². The molecular formula is C34H41N2O6P. The fourth-order valence-electron chi connectivity index (χ4n) is 5.30. The number of hydrogen-bond acceptors (Lipinski definition) is 6. The van der Waals surface area contributed by atoms with E-state index in [0.717, 1.165) is 27.8 Å². The number of nitrogens with one attached hydrogen (secondary N) is 2. The van der Waals surface area contributed by atoms with Crippen LogP contribution in [-0.2, 0) is 23.1 Å². The minimum absolute atomic E-state index is 0.0200. The fraction of sp³-hybridized carbons (Fsp3) is 0.353. The second kappa shape index (κ2) is 15.1. The molecule has 8 nitrogen and oxygen atoms in total. The molecule has 0 saturated heterocycles. The largest absolute Gasteiger partial charge is 0.449 e. The Hall–Kier alpha value is -3.71. The van der Waals surface area contributed by atoms with Gasteiger partial charge in [-0.15, -0.1) is 0 Å². The van der Waals surface area contributed by atoms with E-state index in [4.69, 9.17) is 13.8 Å². The highest BCUT2D eigenvalue weighted by Gasteiger charge is 2.30. The molecule has 0 bridgehead atoms. The predicted molar refractivity (Wildman–Crippen MR) is 170 cm³/mol. The molecule has 2 N–H and O–H groups in total. The van der Waals surface area contributed by atoms with Crippen LogP contribution in [0.15, 0.2) is 84.9 Å². The quantitative estimate of drug-likeness (QED) is 0.186. The molecular weight excluding hydrogens is 563 g/mol. The summed E-state index contributed by atoms with van der Waals surface area (Å²) in [5, 5.41) is 5.73. The van der Waals surface area contributed by atoms with Crippen molar-refractivity contribution in [3.63, 3.8) is 0 Å². The van der Waals surface area contributed by atoms with Gasteiger partial charge in [-0.3, -0.25) is 9.36 Å². The summed E-state index contributed by atoms with van der Waals surface area (Å²) in [6.45, 7) is 8.08. The molecule has 0 unspecified atom stereocenters. The fourth-order valence-corrected chi connectivity index (χ4v) is 6.78. The molecule has 4 rings (SSSR count). The molecule has 0 heterocycles. The average Bonchev–Trinajstić information content (AvgIpc) is 3.32. The van der Waals surface area contributed by atoms with Gasteiger partial charge in [-0.25, -0.2) is 4.79 Å². The van der Waals surface area contributed by atoms with Crippen LogP contribution >= 0.6 is 7.60 Å². The molecule has 1 aliphatic rings. The minimum atomic E-state index is -3.39. The number of hydrogen-bond donors (Lipinski definition) is 2. The molecule has 0 saturated carbocycles. The topological polar surface area (TPSA) is 103 Å². The van der Waals surface area contributed by atoms with Crippen LogP contribution in [0.3, 0.4) is 0 Å². The maximum Gasteiger partial charge on any atom is 0.407 e. The zero-order chi connectivity index (χ0) is 30.8. The van der Waals surface area contributed by atoms with Gasteiger partial charge in [-0.05, 0) is 60.1 Å². The van der Waals surface area contributed by atoms with Crippen molar-refractivity contribution < 1.29 is 27.9 Å². The van der Waals surface area contributed by atoms with Gasteiger partial charge in [-0.1, -0.05) is 92.7 Å². The van der Waals surface area contributed by atoms with Crippen LogP contribution in [0.25, 0.3) is 16.8 Å². The molecule has 228 valence electrons. The number of amides is 2. The summed E-state index contributed by atoms with van der Waals surface area (Å²) in [5.74, 6) is -0.376. The lowest BCUT2D eigenvalue weighted by Gasteiger charge is -2.22. The third kappa shape index (κ3) is 8.44. The van der Waals surface area contributed by atoms with E-state index in [-0.39, 0.29) is 37.8 Å². The van der Waals surface area contributed by atoms with Crippen LogP contribution in [0, 0.1) is 5.92 Å². The van der Waals surface area contributed by atoms with E-state index in [9.17, 15) is 14.2 Å². The van der Waals surface area contributed by atoms with Crippen molar-refractivity contribution in [2.24, 2.45) is 5.92 Å². The molecule has 1 aliphatic carbocycles. The third-order valence-corrected chi connectivity index (χ3v) is 9.11. The summed E-state index contributed by atoms with van der Waals surface area (Å²) in [4.78, 5) is 26.7. The molecule has 0 aromatic heterocycles. The number of benzene rings is 3. The summed E-state index contributed by atoms with van der Waals surface area (Å²) in [5.41, 5.74) is 5.68. The number of alkyl carbamates (subject to hydrolysis) is 1. The maximum atomic E-state index is 13.6. The SMILES string of the molecule is CCOP(=O)(C/C=C(/NC(=O)[C@H](CC(C)C)NC(=O)OCC1c2ccccc2-c2ccccc21)c1ccccc1)OCC. The number of carbonyl (C=O) groups excluding carboxylic acids is 2. The number of ether oxygens (including phenoxy) is 1. The van der Waals surface area contributed by atoms with Crippen molar-refractivity contribution in [3.8, 4) is 11.1 Å². The Balaban J connectivity index is 1.48. The van der Waals surface area contributed by atoms with E-state index in [2.05, 4.69) is 34.9 Å². The van der Waals surface area contributed by atoms with Crippen molar-refractivity contribution in [2.45, 2.75) is 46.1 Å². The van der Waals surface area contributed by atoms with Crippen molar-refractivity contribution >= 4 is 25.3 Å². The summed E-state index contributed by atoms with van der Waals surface area (Å²) in [6, 6.07) is 24.7. The van der Waals surface area contributed by atoms with Gasteiger partial charge < -0.3 is 24.4 Å². The van der Waals surface area contributed by atoms with Crippen LogP contribution in [0.5, 0.6) is 0 Å². The van der Waals surface area contributed by atoms with E-state index in [1.807, 2.05) is 68.4 Å². The van der Waals surface area contributed by atoms with Gasteiger partial charge in [0.05, 0.1) is 19.4 Å². The van der Waals surface area contributed by atoms with E-state index in [0.29, 0.717) is 12.1 Å². The van der Waals surface area contributed by atoms with E-state index >= 15 is 0 Å². The molecule has 9 heteroatoms.